The number of anilines is 1. The first-order valence-corrected chi connectivity index (χ1v) is 7.87. The van der Waals surface area contributed by atoms with Gasteiger partial charge in [0.2, 0.25) is 0 Å². The van der Waals surface area contributed by atoms with Crippen LogP contribution in [-0.2, 0) is 6.54 Å². The van der Waals surface area contributed by atoms with Crippen molar-refractivity contribution in [2.24, 2.45) is 0 Å². The fourth-order valence-electron chi connectivity index (χ4n) is 2.17. The molecule has 1 aliphatic rings. The van der Waals surface area contributed by atoms with Crippen molar-refractivity contribution >= 4 is 22.9 Å². The second kappa shape index (κ2) is 5.81. The molecule has 1 amide bonds. The summed E-state index contributed by atoms with van der Waals surface area (Å²) < 4.78 is 0. The SMILES string of the molecule is CN(C)C(=O)c1cc(NCc2scnc2C2CC2)ccn1. The maximum Gasteiger partial charge on any atom is 0.272 e. The van der Waals surface area contributed by atoms with Crippen molar-refractivity contribution in [1.82, 2.24) is 14.9 Å². The van der Waals surface area contributed by atoms with Gasteiger partial charge in [0.15, 0.2) is 0 Å². The van der Waals surface area contributed by atoms with E-state index >= 15 is 0 Å². The Morgan fingerprint density at radius 3 is 2.95 bits per heavy atom. The molecule has 1 aliphatic carbocycles. The molecule has 1 N–H and O–H groups in total. The first kappa shape index (κ1) is 14.0. The van der Waals surface area contributed by atoms with Gasteiger partial charge in [0.1, 0.15) is 5.69 Å². The fourth-order valence-corrected chi connectivity index (χ4v) is 2.96. The smallest absolute Gasteiger partial charge is 0.272 e. The minimum Gasteiger partial charge on any atom is -0.380 e. The summed E-state index contributed by atoms with van der Waals surface area (Å²) in [7, 11) is 3.45. The van der Waals surface area contributed by atoms with E-state index in [0.29, 0.717) is 11.6 Å². The van der Waals surface area contributed by atoms with Gasteiger partial charge in [-0.15, -0.1) is 11.3 Å². The summed E-state index contributed by atoms with van der Waals surface area (Å²) in [4.78, 5) is 23.3. The number of hydrogen-bond donors (Lipinski definition) is 1. The minimum absolute atomic E-state index is 0.0879. The third-order valence-electron chi connectivity index (χ3n) is 3.47. The number of nitrogens with one attached hydrogen (secondary N) is 1. The van der Waals surface area contributed by atoms with Gasteiger partial charge in [-0.05, 0) is 25.0 Å². The highest BCUT2D eigenvalue weighted by atomic mass is 32.1. The van der Waals surface area contributed by atoms with E-state index in [4.69, 9.17) is 0 Å². The molecule has 0 spiro atoms. The van der Waals surface area contributed by atoms with E-state index in [-0.39, 0.29) is 5.91 Å². The zero-order chi connectivity index (χ0) is 14.8. The third kappa shape index (κ3) is 3.21. The van der Waals surface area contributed by atoms with Crippen LogP contribution in [0.25, 0.3) is 0 Å². The molecule has 110 valence electrons. The second-order valence-corrected chi connectivity index (χ2v) is 6.36. The standard InChI is InChI=1S/C15H18N4OS/c1-19(2)15(20)12-7-11(5-6-16-12)17-8-13-14(10-3-4-10)18-9-21-13/h5-7,9-10H,3-4,8H2,1-2H3,(H,16,17). The maximum absolute atomic E-state index is 11.9. The lowest BCUT2D eigenvalue weighted by Crippen LogP contribution is -2.22. The van der Waals surface area contributed by atoms with Crippen LogP contribution >= 0.6 is 11.3 Å². The molecule has 2 aromatic rings. The van der Waals surface area contributed by atoms with Crippen LogP contribution < -0.4 is 5.32 Å². The fraction of sp³-hybridized carbons (Fsp3) is 0.400. The largest absolute Gasteiger partial charge is 0.380 e. The highest BCUT2D eigenvalue weighted by molar-refractivity contribution is 7.09. The van der Waals surface area contributed by atoms with Crippen molar-refractivity contribution in [2.45, 2.75) is 25.3 Å². The molecule has 1 fully saturated rings. The minimum atomic E-state index is -0.0879. The van der Waals surface area contributed by atoms with Crippen molar-refractivity contribution in [3.63, 3.8) is 0 Å². The molecule has 5 nitrogen and oxygen atoms in total. The number of amides is 1. The van der Waals surface area contributed by atoms with Crippen LogP contribution in [0, 0.1) is 0 Å². The summed E-state index contributed by atoms with van der Waals surface area (Å²) in [5.74, 6) is 0.575. The van der Waals surface area contributed by atoms with Gasteiger partial charge in [-0.1, -0.05) is 0 Å². The molecule has 0 aromatic carbocycles. The number of thiazole rings is 1. The molecule has 0 saturated heterocycles. The van der Waals surface area contributed by atoms with E-state index in [1.165, 1.54) is 28.3 Å². The van der Waals surface area contributed by atoms with Crippen molar-refractivity contribution in [3.05, 3.63) is 40.1 Å². The molecule has 3 rings (SSSR count). The summed E-state index contributed by atoms with van der Waals surface area (Å²) in [6.45, 7) is 0.746. The third-order valence-corrected chi connectivity index (χ3v) is 4.32. The lowest BCUT2D eigenvalue weighted by atomic mass is 10.2. The van der Waals surface area contributed by atoms with Gasteiger partial charge in [0, 0.05) is 36.8 Å². The number of pyridine rings is 1. The Morgan fingerprint density at radius 2 is 2.24 bits per heavy atom. The molecule has 0 atom stereocenters. The van der Waals surface area contributed by atoms with Crippen LogP contribution in [-0.4, -0.2) is 34.9 Å². The number of carbonyl (C=O) groups is 1. The molecular formula is C15H18N4OS. The molecule has 2 aromatic heterocycles. The van der Waals surface area contributed by atoms with E-state index in [1.807, 2.05) is 11.6 Å². The van der Waals surface area contributed by atoms with Gasteiger partial charge in [0.25, 0.3) is 5.91 Å². The topological polar surface area (TPSA) is 58.1 Å². The number of rotatable bonds is 5. The summed E-state index contributed by atoms with van der Waals surface area (Å²) >= 11 is 1.69. The maximum atomic E-state index is 11.9. The van der Waals surface area contributed by atoms with Gasteiger partial charge in [-0.2, -0.15) is 0 Å². The molecule has 0 unspecified atom stereocenters. The van der Waals surface area contributed by atoms with Gasteiger partial charge in [0.05, 0.1) is 17.7 Å². The van der Waals surface area contributed by atoms with Crippen molar-refractivity contribution < 1.29 is 4.79 Å². The van der Waals surface area contributed by atoms with Crippen LogP contribution in [0.4, 0.5) is 5.69 Å². The highest BCUT2D eigenvalue weighted by Gasteiger charge is 2.28. The van der Waals surface area contributed by atoms with E-state index in [9.17, 15) is 4.79 Å². The Kier molecular flexibility index (Phi) is 3.88. The average Bonchev–Trinajstić information content (AvgIpc) is 3.23. The van der Waals surface area contributed by atoms with Crippen molar-refractivity contribution in [3.8, 4) is 0 Å². The zero-order valence-corrected chi connectivity index (χ0v) is 13.0. The monoisotopic (exact) mass is 302 g/mol. The van der Waals surface area contributed by atoms with Crippen LogP contribution in [0.15, 0.2) is 23.8 Å². The van der Waals surface area contributed by atoms with E-state index < -0.39 is 0 Å². The van der Waals surface area contributed by atoms with Crippen LogP contribution in [0.1, 0.15) is 39.8 Å². The van der Waals surface area contributed by atoms with Crippen LogP contribution in [0.3, 0.4) is 0 Å². The summed E-state index contributed by atoms with van der Waals surface area (Å²) in [6, 6.07) is 3.67. The average molecular weight is 302 g/mol. The van der Waals surface area contributed by atoms with Crippen molar-refractivity contribution in [2.75, 3.05) is 19.4 Å². The van der Waals surface area contributed by atoms with E-state index in [2.05, 4.69) is 15.3 Å². The van der Waals surface area contributed by atoms with E-state index in [1.54, 1.807) is 37.7 Å². The lowest BCUT2D eigenvalue weighted by molar-refractivity contribution is 0.0822. The Balaban J connectivity index is 1.69. The van der Waals surface area contributed by atoms with Crippen molar-refractivity contribution in [1.29, 1.82) is 0 Å². The summed E-state index contributed by atoms with van der Waals surface area (Å²) in [6.07, 6.45) is 4.18. The van der Waals surface area contributed by atoms with E-state index in [0.717, 1.165) is 12.2 Å². The number of aromatic nitrogens is 2. The molecular weight excluding hydrogens is 284 g/mol. The highest BCUT2D eigenvalue weighted by Crippen LogP contribution is 2.41. The first-order chi connectivity index (χ1) is 10.1. The number of nitrogens with zero attached hydrogens (tertiary/aromatic N) is 3. The quantitative estimate of drug-likeness (QED) is 0.922. The Labute approximate surface area is 128 Å². The van der Waals surface area contributed by atoms with Crippen LogP contribution in [0.5, 0.6) is 0 Å². The molecule has 1 saturated carbocycles. The summed E-state index contributed by atoms with van der Waals surface area (Å²) in [5.41, 5.74) is 4.52. The predicted octanol–water partition coefficient (Wildman–Crippen LogP) is 2.73. The molecule has 2 heterocycles. The molecule has 0 aliphatic heterocycles. The Bertz CT molecular complexity index is 649. The summed E-state index contributed by atoms with van der Waals surface area (Å²) in [5, 5.41) is 3.36. The van der Waals surface area contributed by atoms with Gasteiger partial charge in [-0.25, -0.2) is 4.98 Å². The molecule has 21 heavy (non-hydrogen) atoms. The Morgan fingerprint density at radius 1 is 1.43 bits per heavy atom. The second-order valence-electron chi connectivity index (χ2n) is 5.42. The zero-order valence-electron chi connectivity index (χ0n) is 12.2. The number of hydrogen-bond acceptors (Lipinski definition) is 5. The molecule has 6 heteroatoms. The van der Waals surface area contributed by atoms with Gasteiger partial charge < -0.3 is 10.2 Å². The molecule has 0 bridgehead atoms. The normalized spacial score (nSPS) is 14.0. The van der Waals surface area contributed by atoms with Crippen LogP contribution in [0.2, 0.25) is 0 Å². The Hall–Kier alpha value is -1.95. The molecule has 0 radical (unpaired) electrons. The first-order valence-electron chi connectivity index (χ1n) is 6.99. The van der Waals surface area contributed by atoms with Gasteiger partial charge >= 0.3 is 0 Å². The number of carbonyl (C=O) groups excluding carboxylic acids is 1. The lowest BCUT2D eigenvalue weighted by Gasteiger charge is -2.11. The predicted molar refractivity (Wildman–Crippen MR) is 83.7 cm³/mol. The van der Waals surface area contributed by atoms with Gasteiger partial charge in [-0.3, -0.25) is 9.78 Å².